The van der Waals surface area contributed by atoms with Crippen LogP contribution in [0.2, 0.25) is 5.02 Å². The molecular weight excluding hydrogens is 442 g/mol. The van der Waals surface area contributed by atoms with Crippen LogP contribution in [0.5, 0.6) is 0 Å². The van der Waals surface area contributed by atoms with E-state index in [9.17, 15) is 4.79 Å². The van der Waals surface area contributed by atoms with Crippen LogP contribution >= 0.6 is 23.4 Å². The van der Waals surface area contributed by atoms with Crippen molar-refractivity contribution in [3.05, 3.63) is 53.3 Å². The van der Waals surface area contributed by atoms with E-state index in [1.165, 1.54) is 31.0 Å². The third-order valence-electron chi connectivity index (χ3n) is 6.15. The lowest BCUT2D eigenvalue weighted by Gasteiger charge is -2.32. The average molecular weight is 470 g/mol. The number of carbonyl (C=O) groups is 1. The lowest BCUT2D eigenvalue weighted by atomic mass is 9.94. The number of halogens is 1. The van der Waals surface area contributed by atoms with Gasteiger partial charge in [-0.25, -0.2) is 0 Å². The van der Waals surface area contributed by atoms with E-state index in [1.807, 2.05) is 60.7 Å². The van der Waals surface area contributed by atoms with Crippen LogP contribution in [-0.4, -0.2) is 48.9 Å². The molecule has 1 saturated carbocycles. The molecule has 0 aliphatic heterocycles. The van der Waals surface area contributed by atoms with Gasteiger partial charge < -0.3 is 4.90 Å². The Morgan fingerprint density at radius 1 is 1.16 bits per heavy atom. The van der Waals surface area contributed by atoms with E-state index in [1.54, 1.807) is 12.4 Å². The van der Waals surface area contributed by atoms with Crippen LogP contribution in [0.4, 0.5) is 0 Å². The summed E-state index contributed by atoms with van der Waals surface area (Å²) in [4.78, 5) is 19.3. The summed E-state index contributed by atoms with van der Waals surface area (Å²) in [6.45, 7) is 3.93. The van der Waals surface area contributed by atoms with Crippen molar-refractivity contribution in [1.29, 1.82) is 0 Å². The fourth-order valence-electron chi connectivity index (χ4n) is 4.23. The van der Waals surface area contributed by atoms with Crippen LogP contribution in [0.15, 0.2) is 47.9 Å². The van der Waals surface area contributed by atoms with Crippen LogP contribution in [0, 0.1) is 6.92 Å². The minimum atomic E-state index is -0.283. The van der Waals surface area contributed by atoms with Crippen LogP contribution < -0.4 is 0 Å². The number of benzene rings is 1. The first-order valence-electron chi connectivity index (χ1n) is 11.0. The van der Waals surface area contributed by atoms with Gasteiger partial charge in [-0.05, 0) is 56.5 Å². The molecule has 0 N–H and O–H groups in total. The first-order valence-corrected chi connectivity index (χ1v) is 12.3. The SMILES string of the molecule is Cc1c(Cl)cccc1-n1c(S[C@H](C)C(=O)N(C)C2CCCCC2)nnc1-c1ccncc1. The van der Waals surface area contributed by atoms with Crippen molar-refractivity contribution in [2.24, 2.45) is 0 Å². The zero-order valence-electron chi connectivity index (χ0n) is 18.7. The van der Waals surface area contributed by atoms with E-state index in [0.29, 0.717) is 22.0 Å². The first kappa shape index (κ1) is 22.8. The van der Waals surface area contributed by atoms with Crippen LogP contribution in [-0.2, 0) is 4.79 Å². The molecule has 4 rings (SSSR count). The van der Waals surface area contributed by atoms with E-state index >= 15 is 0 Å². The molecule has 0 spiro atoms. The zero-order valence-corrected chi connectivity index (χ0v) is 20.2. The van der Waals surface area contributed by atoms with Crippen molar-refractivity contribution in [1.82, 2.24) is 24.6 Å². The molecule has 0 saturated heterocycles. The van der Waals surface area contributed by atoms with Gasteiger partial charge in [0.15, 0.2) is 11.0 Å². The summed E-state index contributed by atoms with van der Waals surface area (Å²) >= 11 is 7.87. The molecule has 2 aromatic heterocycles. The molecule has 1 atom stereocenters. The number of nitrogens with zero attached hydrogens (tertiary/aromatic N) is 5. The van der Waals surface area contributed by atoms with Gasteiger partial charge >= 0.3 is 0 Å². The predicted octanol–water partition coefficient (Wildman–Crippen LogP) is 5.56. The summed E-state index contributed by atoms with van der Waals surface area (Å²) in [7, 11) is 1.93. The highest BCUT2D eigenvalue weighted by molar-refractivity contribution is 8.00. The minimum Gasteiger partial charge on any atom is -0.342 e. The highest BCUT2D eigenvalue weighted by atomic mass is 35.5. The maximum absolute atomic E-state index is 13.2. The third kappa shape index (κ3) is 4.69. The van der Waals surface area contributed by atoms with Gasteiger partial charge in [0.05, 0.1) is 10.9 Å². The van der Waals surface area contributed by atoms with E-state index in [-0.39, 0.29) is 11.2 Å². The van der Waals surface area contributed by atoms with Crippen molar-refractivity contribution < 1.29 is 4.79 Å². The molecular formula is C24H28ClN5OS. The molecule has 8 heteroatoms. The van der Waals surface area contributed by atoms with Gasteiger partial charge in [-0.1, -0.05) is 48.7 Å². The molecule has 6 nitrogen and oxygen atoms in total. The van der Waals surface area contributed by atoms with Crippen molar-refractivity contribution in [3.8, 4) is 17.1 Å². The molecule has 0 radical (unpaired) electrons. The normalized spacial score (nSPS) is 15.5. The molecule has 0 unspecified atom stereocenters. The van der Waals surface area contributed by atoms with E-state index in [2.05, 4.69) is 15.2 Å². The zero-order chi connectivity index (χ0) is 22.7. The topological polar surface area (TPSA) is 63.9 Å². The number of pyridine rings is 1. The minimum absolute atomic E-state index is 0.129. The fourth-order valence-corrected chi connectivity index (χ4v) is 5.36. The second kappa shape index (κ2) is 10.0. The summed E-state index contributed by atoms with van der Waals surface area (Å²) in [5.41, 5.74) is 2.73. The Morgan fingerprint density at radius 3 is 2.59 bits per heavy atom. The van der Waals surface area contributed by atoms with Gasteiger partial charge in [-0.15, -0.1) is 10.2 Å². The quantitative estimate of drug-likeness (QED) is 0.442. The molecule has 0 bridgehead atoms. The third-order valence-corrected chi connectivity index (χ3v) is 7.59. The molecule has 1 fully saturated rings. The average Bonchev–Trinajstić information content (AvgIpc) is 3.24. The maximum atomic E-state index is 13.2. The fraction of sp³-hybridized carbons (Fsp3) is 0.417. The van der Waals surface area contributed by atoms with Crippen molar-refractivity contribution in [3.63, 3.8) is 0 Å². The van der Waals surface area contributed by atoms with Crippen LogP contribution in [0.1, 0.15) is 44.6 Å². The van der Waals surface area contributed by atoms with Gasteiger partial charge in [0, 0.05) is 36.1 Å². The Balaban J connectivity index is 1.67. The summed E-state index contributed by atoms with van der Waals surface area (Å²) in [5.74, 6) is 0.824. The second-order valence-electron chi connectivity index (χ2n) is 8.26. The molecule has 1 aliphatic carbocycles. The molecule has 2 heterocycles. The van der Waals surface area contributed by atoms with Crippen molar-refractivity contribution in [2.75, 3.05) is 7.05 Å². The van der Waals surface area contributed by atoms with Crippen molar-refractivity contribution in [2.45, 2.75) is 62.4 Å². The Kier molecular flexibility index (Phi) is 7.16. The summed E-state index contributed by atoms with van der Waals surface area (Å²) in [6, 6.07) is 9.93. The van der Waals surface area contributed by atoms with E-state index < -0.39 is 0 Å². The molecule has 1 aromatic carbocycles. The smallest absolute Gasteiger partial charge is 0.235 e. The second-order valence-corrected chi connectivity index (χ2v) is 9.98. The van der Waals surface area contributed by atoms with E-state index in [4.69, 9.17) is 11.6 Å². The summed E-state index contributed by atoms with van der Waals surface area (Å²) in [6.07, 6.45) is 9.30. The number of carbonyl (C=O) groups excluding carboxylic acids is 1. The number of thioether (sulfide) groups is 1. The predicted molar refractivity (Wildman–Crippen MR) is 129 cm³/mol. The summed E-state index contributed by atoms with van der Waals surface area (Å²) in [5, 5.41) is 10.0. The van der Waals surface area contributed by atoms with Crippen LogP contribution in [0.3, 0.4) is 0 Å². The molecule has 32 heavy (non-hydrogen) atoms. The number of aromatic nitrogens is 4. The Hall–Kier alpha value is -2.38. The molecule has 168 valence electrons. The number of amides is 1. The number of hydrogen-bond donors (Lipinski definition) is 0. The Labute approximate surface area is 198 Å². The molecule has 1 aliphatic rings. The standard InChI is InChI=1S/C24H28ClN5OS/c1-16-20(25)10-7-11-21(16)30-22(18-12-14-26-15-13-18)27-28-24(30)32-17(2)23(31)29(3)19-8-5-4-6-9-19/h7,10-15,17,19H,4-6,8-9H2,1-3H3/t17-/m1/s1. The number of rotatable bonds is 6. The van der Waals surface area contributed by atoms with E-state index in [0.717, 1.165) is 29.7 Å². The Morgan fingerprint density at radius 2 is 1.88 bits per heavy atom. The van der Waals surface area contributed by atoms with Gasteiger partial charge in [0.25, 0.3) is 0 Å². The number of hydrogen-bond acceptors (Lipinski definition) is 5. The monoisotopic (exact) mass is 469 g/mol. The highest BCUT2D eigenvalue weighted by Gasteiger charge is 2.28. The lowest BCUT2D eigenvalue weighted by Crippen LogP contribution is -2.42. The lowest BCUT2D eigenvalue weighted by molar-refractivity contribution is -0.131. The molecule has 1 amide bonds. The van der Waals surface area contributed by atoms with Gasteiger partial charge in [0.1, 0.15) is 0 Å². The Bertz CT molecular complexity index is 1080. The van der Waals surface area contributed by atoms with Gasteiger partial charge in [0.2, 0.25) is 5.91 Å². The summed E-state index contributed by atoms with van der Waals surface area (Å²) < 4.78 is 1.99. The van der Waals surface area contributed by atoms with Gasteiger partial charge in [-0.2, -0.15) is 0 Å². The highest BCUT2D eigenvalue weighted by Crippen LogP contribution is 2.34. The van der Waals surface area contributed by atoms with Crippen molar-refractivity contribution >= 4 is 29.3 Å². The first-order chi connectivity index (χ1) is 15.5. The molecule has 3 aromatic rings. The van der Waals surface area contributed by atoms with Gasteiger partial charge in [-0.3, -0.25) is 14.3 Å². The largest absolute Gasteiger partial charge is 0.342 e. The maximum Gasteiger partial charge on any atom is 0.235 e. The van der Waals surface area contributed by atoms with Crippen LogP contribution in [0.25, 0.3) is 17.1 Å².